The molecule has 0 amide bonds. The van der Waals surface area contributed by atoms with E-state index < -0.39 is 0 Å². The van der Waals surface area contributed by atoms with Gasteiger partial charge in [0.25, 0.3) is 0 Å². The number of ketones is 2. The van der Waals surface area contributed by atoms with Crippen molar-refractivity contribution in [2.24, 2.45) is 44.8 Å². The molecule has 37 heavy (non-hydrogen) atoms. The zero-order valence-electron chi connectivity index (χ0n) is 24.2. The molecule has 1 aromatic rings. The molecule has 3 saturated carbocycles. The van der Waals surface area contributed by atoms with E-state index in [9.17, 15) is 9.59 Å². The zero-order valence-corrected chi connectivity index (χ0v) is 24.2. The third-order valence-electron chi connectivity index (χ3n) is 13.0. The van der Waals surface area contributed by atoms with Gasteiger partial charge in [-0.25, -0.2) is 0 Å². The molecule has 4 nitrogen and oxygen atoms in total. The van der Waals surface area contributed by atoms with Crippen LogP contribution in [0.3, 0.4) is 0 Å². The van der Waals surface area contributed by atoms with Crippen molar-refractivity contribution in [3.8, 4) is 0 Å². The normalized spacial score (nSPS) is 46.0. The van der Waals surface area contributed by atoms with Crippen molar-refractivity contribution >= 4 is 11.6 Å². The summed E-state index contributed by atoms with van der Waals surface area (Å²) in [6, 6.07) is 0. The predicted molar refractivity (Wildman–Crippen MR) is 145 cm³/mol. The Morgan fingerprint density at radius 3 is 2.51 bits per heavy atom. The van der Waals surface area contributed by atoms with E-state index in [4.69, 9.17) is 4.52 Å². The average Bonchev–Trinajstić information content (AvgIpc) is 3.28. The zero-order chi connectivity index (χ0) is 26.6. The Bertz CT molecular complexity index is 1180. The molecule has 0 N–H and O–H groups in total. The van der Waals surface area contributed by atoms with Gasteiger partial charge < -0.3 is 4.52 Å². The van der Waals surface area contributed by atoms with E-state index in [1.54, 1.807) is 0 Å². The highest BCUT2D eigenvalue weighted by atomic mass is 16.5. The largest absolute Gasteiger partial charge is 0.361 e. The van der Waals surface area contributed by atoms with Gasteiger partial charge in [0.2, 0.25) is 0 Å². The Labute approximate surface area is 223 Å². The summed E-state index contributed by atoms with van der Waals surface area (Å²) in [7, 11) is 0. The fourth-order valence-electron chi connectivity index (χ4n) is 10.8. The maximum absolute atomic E-state index is 14.5. The Hall–Kier alpha value is -1.71. The molecule has 3 fully saturated rings. The van der Waals surface area contributed by atoms with Crippen LogP contribution in [0.5, 0.6) is 0 Å². The first-order chi connectivity index (χ1) is 17.3. The lowest BCUT2D eigenvalue weighted by atomic mass is 9.34. The van der Waals surface area contributed by atoms with Crippen LogP contribution in [0.15, 0.2) is 22.4 Å². The fraction of sp³-hybridized carbons (Fsp3) is 0.788. The summed E-state index contributed by atoms with van der Waals surface area (Å²) in [5.41, 5.74) is 2.27. The van der Waals surface area contributed by atoms with E-state index in [0.717, 1.165) is 63.5 Å². The monoisotopic (exact) mass is 505 g/mol. The number of Topliss-reactive ketones (excluding diaryl/α,β-unsaturated/α-hetero) is 1. The van der Waals surface area contributed by atoms with Gasteiger partial charge in [-0.2, -0.15) is 0 Å². The quantitative estimate of drug-likeness (QED) is 0.419. The first-order valence-electron chi connectivity index (χ1n) is 15.1. The minimum atomic E-state index is -0.301. The van der Waals surface area contributed by atoms with Crippen molar-refractivity contribution < 1.29 is 14.1 Å². The number of rotatable bonds is 3. The van der Waals surface area contributed by atoms with Crippen LogP contribution in [0.4, 0.5) is 0 Å². The lowest BCUT2D eigenvalue weighted by Gasteiger charge is -2.69. The van der Waals surface area contributed by atoms with E-state index in [2.05, 4.69) is 59.7 Å². The van der Waals surface area contributed by atoms with Crippen LogP contribution >= 0.6 is 0 Å². The van der Waals surface area contributed by atoms with Crippen LogP contribution in [0.2, 0.25) is 0 Å². The van der Waals surface area contributed by atoms with Gasteiger partial charge in [0.15, 0.2) is 5.78 Å². The van der Waals surface area contributed by atoms with Crippen LogP contribution < -0.4 is 0 Å². The summed E-state index contributed by atoms with van der Waals surface area (Å²) in [6.45, 7) is 16.5. The third-order valence-corrected chi connectivity index (χ3v) is 13.0. The van der Waals surface area contributed by atoms with Gasteiger partial charge in [0.1, 0.15) is 11.5 Å². The second-order valence-corrected chi connectivity index (χ2v) is 15.2. The maximum Gasteiger partial charge on any atom is 0.159 e. The Kier molecular flexibility index (Phi) is 5.47. The van der Waals surface area contributed by atoms with E-state index in [1.807, 2.05) is 6.20 Å². The molecule has 6 rings (SSSR count). The number of allylic oxidation sites excluding steroid dienone is 2. The lowest BCUT2D eigenvalue weighted by molar-refractivity contribution is -0.177. The van der Waals surface area contributed by atoms with Crippen molar-refractivity contribution in [3.05, 3.63) is 29.2 Å². The van der Waals surface area contributed by atoms with Crippen LogP contribution in [-0.2, 0) is 16.0 Å². The molecule has 1 aromatic heterocycles. The van der Waals surface area contributed by atoms with Gasteiger partial charge >= 0.3 is 0 Å². The summed E-state index contributed by atoms with van der Waals surface area (Å²) >= 11 is 0. The van der Waals surface area contributed by atoms with Crippen molar-refractivity contribution in [2.75, 3.05) is 0 Å². The van der Waals surface area contributed by atoms with Crippen molar-refractivity contribution in [2.45, 2.75) is 119 Å². The average molecular weight is 506 g/mol. The first kappa shape index (κ1) is 25.6. The molecule has 4 heteroatoms. The molecule has 0 bridgehead atoms. The molecular formula is C33H47NO3. The molecule has 8 atom stereocenters. The molecule has 0 radical (unpaired) electrons. The topological polar surface area (TPSA) is 60.2 Å². The second kappa shape index (κ2) is 7.92. The molecule has 202 valence electrons. The molecule has 0 unspecified atom stereocenters. The summed E-state index contributed by atoms with van der Waals surface area (Å²) in [5, 5.41) is 4.16. The van der Waals surface area contributed by atoms with E-state index >= 15 is 0 Å². The van der Waals surface area contributed by atoms with Crippen LogP contribution in [0.1, 0.15) is 123 Å². The number of carbonyl (C=O) groups is 2. The molecule has 0 spiro atoms. The molecular weight excluding hydrogens is 458 g/mol. The summed E-state index contributed by atoms with van der Waals surface area (Å²) in [4.78, 5) is 28.3. The minimum absolute atomic E-state index is 0.0350. The van der Waals surface area contributed by atoms with E-state index in [-0.39, 0.29) is 38.9 Å². The predicted octanol–water partition coefficient (Wildman–Crippen LogP) is 7.86. The molecule has 0 saturated heterocycles. The number of hydrogen-bond acceptors (Lipinski definition) is 4. The number of hydrogen-bond donors (Lipinski definition) is 0. The smallest absolute Gasteiger partial charge is 0.159 e. The third kappa shape index (κ3) is 3.16. The highest BCUT2D eigenvalue weighted by Crippen LogP contribution is 2.74. The minimum Gasteiger partial charge on any atom is -0.361 e. The Morgan fingerprint density at radius 2 is 1.78 bits per heavy atom. The number of nitrogens with zero attached hydrogens (tertiary/aromatic N) is 1. The van der Waals surface area contributed by atoms with Crippen molar-refractivity contribution in [1.29, 1.82) is 0 Å². The molecule has 1 heterocycles. The summed E-state index contributed by atoms with van der Waals surface area (Å²) in [5.74, 6) is 2.70. The number of carbonyl (C=O) groups excluding carboxylic acids is 2. The van der Waals surface area contributed by atoms with Gasteiger partial charge in [-0.05, 0) is 97.4 Å². The molecule has 0 aliphatic heterocycles. The SMILES string of the molecule is CCCC(=O)[C@]12CCC(C)(C)C[C@H]1[C@H]1C(=O)C=C3[C@@]4(C)Cc5cnoc5[C@@H](C)[C@@H]4CC[C@@]3(C)[C@]1(C)CC2. The lowest BCUT2D eigenvalue weighted by Crippen LogP contribution is -2.65. The molecule has 5 aliphatic carbocycles. The highest BCUT2D eigenvalue weighted by molar-refractivity contribution is 5.97. The van der Waals surface area contributed by atoms with Crippen molar-refractivity contribution in [1.82, 2.24) is 5.16 Å². The van der Waals surface area contributed by atoms with Crippen molar-refractivity contribution in [3.63, 3.8) is 0 Å². The fourth-order valence-corrected chi connectivity index (χ4v) is 10.8. The van der Waals surface area contributed by atoms with Gasteiger partial charge in [0.05, 0.1) is 6.20 Å². The highest BCUT2D eigenvalue weighted by Gasteiger charge is 2.69. The Morgan fingerprint density at radius 1 is 1.05 bits per heavy atom. The second-order valence-electron chi connectivity index (χ2n) is 15.2. The number of fused-ring (bicyclic) bond motifs is 8. The first-order valence-corrected chi connectivity index (χ1v) is 15.1. The Balaban J connectivity index is 1.48. The van der Waals surface area contributed by atoms with E-state index in [1.165, 1.54) is 11.1 Å². The van der Waals surface area contributed by atoms with Gasteiger partial charge in [-0.3, -0.25) is 9.59 Å². The standard InChI is InChI=1S/C33H47NO3/c1-8-9-26(36)33-14-12-29(3,4)18-23(33)27-24(35)16-25-30(5)17-21-19-34-37-28(21)20(2)22(30)10-11-31(25,6)32(27,7)13-15-33/h16,19-20,22-23,27H,8-15,17-18H2,1-7H3/t20-,22-,23-,27-,30-,31+,32+,33-/m0/s1. The van der Waals surface area contributed by atoms with Gasteiger partial charge in [-0.15, -0.1) is 0 Å². The number of aromatic nitrogens is 1. The maximum atomic E-state index is 14.5. The summed E-state index contributed by atoms with van der Waals surface area (Å²) in [6.07, 6.45) is 13.7. The van der Waals surface area contributed by atoms with Crippen LogP contribution in [-0.4, -0.2) is 16.7 Å². The van der Waals surface area contributed by atoms with Gasteiger partial charge in [0, 0.05) is 29.2 Å². The molecule has 5 aliphatic rings. The summed E-state index contributed by atoms with van der Waals surface area (Å²) < 4.78 is 5.71. The van der Waals surface area contributed by atoms with Crippen LogP contribution in [0.25, 0.3) is 0 Å². The van der Waals surface area contributed by atoms with Gasteiger partial charge in [-0.1, -0.05) is 59.2 Å². The van der Waals surface area contributed by atoms with Crippen LogP contribution in [0, 0.1) is 44.8 Å². The van der Waals surface area contributed by atoms with E-state index in [0.29, 0.717) is 29.8 Å². The molecule has 0 aromatic carbocycles.